The minimum Gasteiger partial charge on any atom is -0.316 e. The van der Waals surface area contributed by atoms with Crippen molar-refractivity contribution in [3.8, 4) is 102 Å². The van der Waals surface area contributed by atoms with E-state index in [1.807, 2.05) is 232 Å². The first-order valence-electron chi connectivity index (χ1n) is 26.2. The molecule has 81 heavy (non-hydrogen) atoms. The summed E-state index contributed by atoms with van der Waals surface area (Å²) < 4.78 is 5.97. The van der Waals surface area contributed by atoms with Crippen molar-refractivity contribution in [2.75, 3.05) is 0 Å². The van der Waals surface area contributed by atoms with Crippen molar-refractivity contribution in [3.63, 3.8) is 0 Å². The number of aromatic nitrogens is 3. The van der Waals surface area contributed by atoms with E-state index < -0.39 is 0 Å². The minimum atomic E-state index is -0.0367. The molecule has 0 aliphatic heterocycles. The van der Waals surface area contributed by atoms with Crippen LogP contribution >= 0.6 is 0 Å². The second-order valence-corrected chi connectivity index (χ2v) is 19.7. The number of pyridine rings is 3. The summed E-state index contributed by atoms with van der Waals surface area (Å²) in [5.74, 6) is 0. The van der Waals surface area contributed by atoms with Crippen LogP contribution in [0.4, 0.5) is 0 Å². The van der Waals surface area contributed by atoms with Crippen molar-refractivity contribution >= 4 is 32.7 Å². The molecule has 0 saturated heterocycles. The van der Waals surface area contributed by atoms with Crippen LogP contribution in [-0.2, 0) is 0 Å². The molecule has 9 nitrogen and oxygen atoms in total. The molecule has 0 radical (unpaired) electrons. The van der Waals surface area contributed by atoms with Gasteiger partial charge in [-0.3, -0.25) is 14.4 Å². The Morgan fingerprint density at radius 3 is 0.691 bits per heavy atom. The van der Waals surface area contributed by atoms with Crippen LogP contribution < -0.4 is 16.3 Å². The van der Waals surface area contributed by atoms with Crippen LogP contribution in [0.15, 0.2) is 270 Å². The summed E-state index contributed by atoms with van der Waals surface area (Å²) in [7, 11) is 0. The van der Waals surface area contributed by atoms with Crippen molar-refractivity contribution < 1.29 is 0 Å². The van der Waals surface area contributed by atoms with E-state index in [-0.39, 0.29) is 33.0 Å². The maximum atomic E-state index is 12.6. The standard InChI is InChI=1S/C72H42N6O3/c73-43-61-70(52-19-13-46(14-20-52)49-25-31-55(32-26-49)76-40-37-67(79)58-7-1-4-10-64(58)76)62(44-74)72(54-23-17-48(18-24-54)51-29-35-57(36-30-51)78-42-39-69(81)60-9-3-6-12-66(60)78)63(45-75)71(61)53-21-15-47(16-22-53)50-27-33-56(34-28-50)77-41-38-68(80)59-8-2-5-11-65(59)77/h1-42H. The van der Waals surface area contributed by atoms with Gasteiger partial charge in [0, 0.05) is 86.7 Å². The highest BCUT2D eigenvalue weighted by atomic mass is 16.1. The summed E-state index contributed by atoms with van der Waals surface area (Å²) in [6, 6.07) is 82.2. The molecule has 0 unspecified atom stereocenters. The van der Waals surface area contributed by atoms with Gasteiger partial charge in [-0.1, -0.05) is 146 Å². The van der Waals surface area contributed by atoms with E-state index in [0.29, 0.717) is 49.5 Å². The van der Waals surface area contributed by atoms with Crippen molar-refractivity contribution in [1.82, 2.24) is 13.7 Å². The lowest BCUT2D eigenvalue weighted by atomic mass is 9.80. The van der Waals surface area contributed by atoms with E-state index in [1.165, 1.54) is 0 Å². The van der Waals surface area contributed by atoms with E-state index >= 15 is 0 Å². The molecular weight excluding hydrogens is 997 g/mol. The molecular formula is C72H42N6O3. The van der Waals surface area contributed by atoms with Crippen LogP contribution in [0, 0.1) is 34.0 Å². The van der Waals surface area contributed by atoms with Gasteiger partial charge in [0.15, 0.2) is 16.3 Å². The molecule has 3 aromatic heterocycles. The zero-order valence-corrected chi connectivity index (χ0v) is 43.2. The molecule has 0 aliphatic carbocycles. The lowest BCUT2D eigenvalue weighted by molar-refractivity contribution is 1.10. The maximum Gasteiger partial charge on any atom is 0.189 e. The van der Waals surface area contributed by atoms with Crippen LogP contribution in [0.1, 0.15) is 16.7 Å². The average molecular weight is 1040 g/mol. The Labute approximate surface area is 464 Å². The summed E-state index contributed by atoms with van der Waals surface area (Å²) in [4.78, 5) is 37.9. The molecule has 378 valence electrons. The normalized spacial score (nSPS) is 11.1. The van der Waals surface area contributed by atoms with Gasteiger partial charge in [0.1, 0.15) is 18.2 Å². The Bertz CT molecular complexity index is 4450. The zero-order chi connectivity index (χ0) is 55.1. The summed E-state index contributed by atoms with van der Waals surface area (Å²) >= 11 is 0. The Kier molecular flexibility index (Phi) is 12.3. The molecule has 0 spiro atoms. The van der Waals surface area contributed by atoms with Gasteiger partial charge in [0.2, 0.25) is 0 Å². The predicted molar refractivity (Wildman–Crippen MR) is 323 cm³/mol. The second kappa shape index (κ2) is 20.3. The van der Waals surface area contributed by atoms with E-state index in [1.54, 1.807) is 36.8 Å². The third kappa shape index (κ3) is 8.65. The highest BCUT2D eigenvalue weighted by Gasteiger charge is 2.27. The van der Waals surface area contributed by atoms with Gasteiger partial charge in [-0.2, -0.15) is 15.8 Å². The number of hydrogen-bond acceptors (Lipinski definition) is 6. The van der Waals surface area contributed by atoms with E-state index in [0.717, 1.165) is 67.0 Å². The number of para-hydroxylation sites is 3. The number of fused-ring (bicyclic) bond motifs is 3. The molecule has 0 fully saturated rings. The first-order valence-corrected chi connectivity index (χ1v) is 26.2. The molecule has 0 amide bonds. The summed E-state index contributed by atoms with van der Waals surface area (Å²) in [6.45, 7) is 0. The lowest BCUT2D eigenvalue weighted by Crippen LogP contribution is -2.06. The molecule has 13 aromatic rings. The summed E-state index contributed by atoms with van der Waals surface area (Å²) in [5.41, 5.74) is 14.3. The fourth-order valence-electron chi connectivity index (χ4n) is 11.2. The van der Waals surface area contributed by atoms with Gasteiger partial charge in [-0.25, -0.2) is 0 Å². The fourth-order valence-corrected chi connectivity index (χ4v) is 11.2. The molecule has 9 heteroatoms. The van der Waals surface area contributed by atoms with Crippen molar-refractivity contribution in [2.24, 2.45) is 0 Å². The van der Waals surface area contributed by atoms with Crippen molar-refractivity contribution in [3.05, 3.63) is 303 Å². The molecule has 10 aromatic carbocycles. The van der Waals surface area contributed by atoms with Crippen molar-refractivity contribution in [1.29, 1.82) is 15.8 Å². The molecule has 3 heterocycles. The molecule has 0 saturated carbocycles. The number of benzene rings is 10. The van der Waals surface area contributed by atoms with Crippen LogP contribution in [0.3, 0.4) is 0 Å². The average Bonchev–Trinajstić information content (AvgIpc) is 3.72. The topological polar surface area (TPSA) is 137 Å². The smallest absolute Gasteiger partial charge is 0.189 e. The largest absolute Gasteiger partial charge is 0.316 e. The Balaban J connectivity index is 0.892. The van der Waals surface area contributed by atoms with E-state index in [9.17, 15) is 30.2 Å². The molecule has 13 rings (SSSR count). The molecule has 0 aliphatic rings. The van der Waals surface area contributed by atoms with Crippen molar-refractivity contribution in [2.45, 2.75) is 0 Å². The maximum absolute atomic E-state index is 12.6. The van der Waals surface area contributed by atoms with Gasteiger partial charge in [0.25, 0.3) is 0 Å². The monoisotopic (exact) mass is 1040 g/mol. The predicted octanol–water partition coefficient (Wildman–Crippen LogP) is 15.2. The third-order valence-corrected chi connectivity index (χ3v) is 15.2. The number of hydrogen-bond donors (Lipinski definition) is 0. The lowest BCUT2D eigenvalue weighted by Gasteiger charge is -2.20. The fraction of sp³-hybridized carbons (Fsp3) is 0. The first-order chi connectivity index (χ1) is 39.8. The Hall–Kier alpha value is -11.7. The van der Waals surface area contributed by atoms with E-state index in [2.05, 4.69) is 18.2 Å². The van der Waals surface area contributed by atoms with Crippen LogP contribution in [0.2, 0.25) is 0 Å². The highest BCUT2D eigenvalue weighted by molar-refractivity contribution is 5.98. The zero-order valence-electron chi connectivity index (χ0n) is 43.2. The second-order valence-electron chi connectivity index (χ2n) is 19.7. The molecule has 0 bridgehead atoms. The summed E-state index contributed by atoms with van der Waals surface area (Å²) in [6.07, 6.45) is 5.36. The Morgan fingerprint density at radius 1 is 0.247 bits per heavy atom. The SMILES string of the molecule is N#Cc1c(-c2ccc(-c3ccc(-n4ccc(=O)c5ccccc54)cc3)cc2)c(C#N)c(-c2ccc(-c3ccc(-n4ccc(=O)c5ccccc54)cc3)cc2)c(C#N)c1-c1ccc(-c2ccc(-n3ccc(=O)c4ccccc43)cc2)cc1. The quantitative estimate of drug-likeness (QED) is 0.141. The highest BCUT2D eigenvalue weighted by Crippen LogP contribution is 2.45. The van der Waals surface area contributed by atoms with Gasteiger partial charge >= 0.3 is 0 Å². The summed E-state index contributed by atoms with van der Waals surface area (Å²) in [5, 5.41) is 35.8. The van der Waals surface area contributed by atoms with Gasteiger partial charge < -0.3 is 13.7 Å². The number of nitriles is 3. The van der Waals surface area contributed by atoms with Crippen LogP contribution in [0.5, 0.6) is 0 Å². The van der Waals surface area contributed by atoms with Crippen LogP contribution in [-0.4, -0.2) is 13.7 Å². The number of nitrogens with zero attached hydrogens (tertiary/aromatic N) is 6. The minimum absolute atomic E-state index is 0.0367. The van der Waals surface area contributed by atoms with Gasteiger partial charge in [0.05, 0.1) is 33.2 Å². The molecule has 0 N–H and O–H groups in total. The van der Waals surface area contributed by atoms with E-state index in [4.69, 9.17) is 0 Å². The van der Waals surface area contributed by atoms with Gasteiger partial charge in [-0.05, 0) is 123 Å². The number of rotatable bonds is 9. The van der Waals surface area contributed by atoms with Crippen LogP contribution in [0.25, 0.3) is 117 Å². The first kappa shape index (κ1) is 48.9. The van der Waals surface area contributed by atoms with Gasteiger partial charge in [-0.15, -0.1) is 0 Å². The Morgan fingerprint density at radius 2 is 0.457 bits per heavy atom. The third-order valence-electron chi connectivity index (χ3n) is 15.2. The molecule has 0 atom stereocenters.